The van der Waals surface area contributed by atoms with Crippen molar-refractivity contribution in [3.05, 3.63) is 58.8 Å². The first-order chi connectivity index (χ1) is 11.6. The minimum absolute atomic E-state index is 0.00154. The van der Waals surface area contributed by atoms with Crippen molar-refractivity contribution in [1.82, 2.24) is 15.2 Å². The minimum atomic E-state index is -0.0731. The molecule has 0 bridgehead atoms. The van der Waals surface area contributed by atoms with Crippen LogP contribution in [0.1, 0.15) is 6.92 Å². The van der Waals surface area contributed by atoms with E-state index in [0.29, 0.717) is 17.3 Å². The van der Waals surface area contributed by atoms with Gasteiger partial charge in [-0.05, 0) is 38.2 Å². The number of para-hydroxylation sites is 2. The lowest BCUT2D eigenvalue weighted by Gasteiger charge is -2.16. The van der Waals surface area contributed by atoms with Crippen molar-refractivity contribution >= 4 is 27.7 Å². The van der Waals surface area contributed by atoms with Gasteiger partial charge in [0.2, 0.25) is 5.91 Å². The predicted molar refractivity (Wildman–Crippen MR) is 97.2 cm³/mol. The first-order valence-corrected chi connectivity index (χ1v) is 8.06. The zero-order valence-corrected chi connectivity index (χ0v) is 13.9. The van der Waals surface area contributed by atoms with Gasteiger partial charge in [0.05, 0.1) is 11.0 Å². The van der Waals surface area contributed by atoms with Crippen LogP contribution in [-0.2, 0) is 11.3 Å². The van der Waals surface area contributed by atoms with Crippen molar-refractivity contribution in [3.8, 4) is 0 Å². The van der Waals surface area contributed by atoms with Gasteiger partial charge in [-0.3, -0.25) is 9.59 Å². The lowest BCUT2D eigenvalue weighted by Crippen LogP contribution is -2.38. The van der Waals surface area contributed by atoms with Gasteiger partial charge in [-0.15, -0.1) is 0 Å². The zero-order chi connectivity index (χ0) is 17.1. The molecule has 1 amide bonds. The summed E-state index contributed by atoms with van der Waals surface area (Å²) in [5.74, 6) is -0.0731. The summed E-state index contributed by atoms with van der Waals surface area (Å²) >= 11 is 0. The van der Waals surface area contributed by atoms with Gasteiger partial charge < -0.3 is 15.2 Å². The van der Waals surface area contributed by atoms with E-state index in [9.17, 15) is 9.59 Å². The number of fused-ring (bicyclic) bond motifs is 2. The number of carbonyl (C=O) groups excluding carboxylic acids is 1. The van der Waals surface area contributed by atoms with Crippen LogP contribution in [0.25, 0.3) is 21.8 Å². The van der Waals surface area contributed by atoms with E-state index in [1.54, 1.807) is 0 Å². The number of nitrogens with one attached hydrogen (secondary N) is 2. The summed E-state index contributed by atoms with van der Waals surface area (Å²) in [5, 5.41) is 7.28. The maximum atomic E-state index is 12.7. The molecule has 0 fully saturated rings. The maximum Gasteiger partial charge on any atom is 0.240 e. The fourth-order valence-electron chi connectivity index (χ4n) is 2.82. The van der Waals surface area contributed by atoms with E-state index in [1.165, 1.54) is 0 Å². The summed E-state index contributed by atoms with van der Waals surface area (Å²) in [6, 6.07) is 15.0. The number of rotatable bonds is 5. The van der Waals surface area contributed by atoms with Crippen molar-refractivity contribution < 1.29 is 4.79 Å². The molecule has 0 saturated heterocycles. The molecule has 1 unspecified atom stereocenters. The number of amides is 1. The molecule has 3 rings (SSSR count). The summed E-state index contributed by atoms with van der Waals surface area (Å²) in [6.07, 6.45) is 0. The third kappa shape index (κ3) is 3.03. The van der Waals surface area contributed by atoms with Crippen molar-refractivity contribution in [2.45, 2.75) is 19.5 Å². The van der Waals surface area contributed by atoms with Crippen molar-refractivity contribution in [2.24, 2.45) is 0 Å². The molecular formula is C19H21N3O2. The normalized spacial score (nSPS) is 12.4. The molecule has 5 heteroatoms. The van der Waals surface area contributed by atoms with E-state index >= 15 is 0 Å². The quantitative estimate of drug-likeness (QED) is 0.705. The van der Waals surface area contributed by atoms with Crippen LogP contribution in [0.3, 0.4) is 0 Å². The van der Waals surface area contributed by atoms with Gasteiger partial charge in [-0.25, -0.2) is 0 Å². The third-order valence-electron chi connectivity index (χ3n) is 4.28. The van der Waals surface area contributed by atoms with Crippen molar-refractivity contribution in [1.29, 1.82) is 0 Å². The molecule has 0 aliphatic carbocycles. The lowest BCUT2D eigenvalue weighted by atomic mass is 10.1. The Morgan fingerprint density at radius 2 is 1.58 bits per heavy atom. The predicted octanol–water partition coefficient (Wildman–Crippen LogP) is 1.88. The summed E-state index contributed by atoms with van der Waals surface area (Å²) in [7, 11) is 1.86. The topological polar surface area (TPSA) is 63.1 Å². The second kappa shape index (κ2) is 6.84. The molecule has 5 nitrogen and oxygen atoms in total. The number of hydrogen-bond acceptors (Lipinski definition) is 3. The van der Waals surface area contributed by atoms with Crippen LogP contribution in [-0.4, -0.2) is 30.1 Å². The molecule has 0 saturated carbocycles. The molecule has 124 valence electrons. The smallest absolute Gasteiger partial charge is 0.240 e. The Kier molecular flexibility index (Phi) is 4.62. The molecule has 0 aliphatic rings. The Morgan fingerprint density at radius 3 is 2.12 bits per heavy atom. The Labute approximate surface area is 140 Å². The summed E-state index contributed by atoms with van der Waals surface area (Å²) < 4.78 is 1.91. The number of aromatic nitrogens is 1. The Hall–Kier alpha value is -2.66. The van der Waals surface area contributed by atoms with Crippen LogP contribution < -0.4 is 16.1 Å². The van der Waals surface area contributed by atoms with E-state index < -0.39 is 0 Å². The number of benzene rings is 2. The molecule has 2 N–H and O–H groups in total. The fourth-order valence-corrected chi connectivity index (χ4v) is 2.82. The zero-order valence-electron chi connectivity index (χ0n) is 13.9. The van der Waals surface area contributed by atoms with E-state index in [-0.39, 0.29) is 23.9 Å². The van der Waals surface area contributed by atoms with Gasteiger partial charge in [0.15, 0.2) is 5.43 Å². The second-order valence-corrected chi connectivity index (χ2v) is 5.94. The van der Waals surface area contributed by atoms with Gasteiger partial charge in [-0.1, -0.05) is 24.3 Å². The molecule has 1 aromatic heterocycles. The van der Waals surface area contributed by atoms with E-state index in [4.69, 9.17) is 0 Å². The van der Waals surface area contributed by atoms with Crippen LogP contribution >= 0.6 is 0 Å². The highest BCUT2D eigenvalue weighted by Gasteiger charge is 2.12. The largest absolute Gasteiger partial charge is 0.353 e. The average Bonchev–Trinajstić information content (AvgIpc) is 2.63. The Morgan fingerprint density at radius 1 is 1.04 bits per heavy atom. The van der Waals surface area contributed by atoms with Crippen LogP contribution in [0.4, 0.5) is 0 Å². The van der Waals surface area contributed by atoms with Gasteiger partial charge in [0, 0.05) is 23.4 Å². The van der Waals surface area contributed by atoms with E-state index in [0.717, 1.165) is 11.0 Å². The van der Waals surface area contributed by atoms with Crippen LogP contribution in [0.15, 0.2) is 53.3 Å². The highest BCUT2D eigenvalue weighted by atomic mass is 16.2. The molecule has 0 aliphatic heterocycles. The molecular weight excluding hydrogens is 302 g/mol. The van der Waals surface area contributed by atoms with E-state index in [2.05, 4.69) is 10.6 Å². The number of hydrogen-bond donors (Lipinski definition) is 2. The first kappa shape index (κ1) is 16.2. The number of likely N-dealkylation sites (N-methyl/N-ethyl adjacent to an activating group) is 1. The summed E-state index contributed by atoms with van der Waals surface area (Å²) in [4.78, 5) is 25.0. The number of nitrogens with zero attached hydrogens (tertiary/aromatic N) is 1. The highest BCUT2D eigenvalue weighted by Crippen LogP contribution is 2.18. The molecule has 3 aromatic rings. The second-order valence-electron chi connectivity index (χ2n) is 5.94. The fraction of sp³-hybridized carbons (Fsp3) is 0.263. The van der Waals surface area contributed by atoms with Crippen LogP contribution in [0.2, 0.25) is 0 Å². The molecule has 0 spiro atoms. The average molecular weight is 323 g/mol. The SMILES string of the molecule is CNC(C)CNC(=O)Cn1c2ccccc2c(=O)c2ccccc21. The van der Waals surface area contributed by atoms with Gasteiger partial charge in [0.25, 0.3) is 0 Å². The number of pyridine rings is 1. The maximum absolute atomic E-state index is 12.7. The summed E-state index contributed by atoms with van der Waals surface area (Å²) in [5.41, 5.74) is 1.55. The van der Waals surface area contributed by atoms with Crippen LogP contribution in [0.5, 0.6) is 0 Å². The van der Waals surface area contributed by atoms with Gasteiger partial charge >= 0.3 is 0 Å². The van der Waals surface area contributed by atoms with Gasteiger partial charge in [-0.2, -0.15) is 0 Å². The standard InChI is InChI=1S/C19H21N3O2/c1-13(20-2)11-21-18(23)12-22-16-9-5-3-7-14(16)19(24)15-8-4-6-10-17(15)22/h3-10,13,20H,11-12H2,1-2H3,(H,21,23). The van der Waals surface area contributed by atoms with E-state index in [1.807, 2.05) is 67.1 Å². The first-order valence-electron chi connectivity index (χ1n) is 8.06. The third-order valence-corrected chi connectivity index (χ3v) is 4.28. The Bertz CT molecular complexity index is 886. The molecule has 2 aromatic carbocycles. The highest BCUT2D eigenvalue weighted by molar-refractivity contribution is 5.94. The molecule has 24 heavy (non-hydrogen) atoms. The summed E-state index contributed by atoms with van der Waals surface area (Å²) in [6.45, 7) is 2.74. The molecule has 1 atom stereocenters. The van der Waals surface area contributed by atoms with Crippen molar-refractivity contribution in [2.75, 3.05) is 13.6 Å². The van der Waals surface area contributed by atoms with Gasteiger partial charge in [0.1, 0.15) is 6.54 Å². The van der Waals surface area contributed by atoms with Crippen molar-refractivity contribution in [3.63, 3.8) is 0 Å². The number of carbonyl (C=O) groups is 1. The molecule has 1 heterocycles. The monoisotopic (exact) mass is 323 g/mol. The molecule has 0 radical (unpaired) electrons. The minimum Gasteiger partial charge on any atom is -0.353 e. The van der Waals surface area contributed by atoms with Crippen LogP contribution in [0, 0.1) is 0 Å². The lowest BCUT2D eigenvalue weighted by molar-refractivity contribution is -0.121. The Balaban J connectivity index is 2.07.